The van der Waals surface area contributed by atoms with Crippen LogP contribution in [0.15, 0.2) is 0 Å². The minimum Gasteiger partial charge on any atom is -0.304 e. The van der Waals surface area contributed by atoms with E-state index in [4.69, 9.17) is 0 Å². The maximum absolute atomic E-state index is 3.94. The van der Waals surface area contributed by atoms with Gasteiger partial charge >= 0.3 is 0 Å². The van der Waals surface area contributed by atoms with Gasteiger partial charge in [-0.3, -0.25) is 20.0 Å². The second kappa shape index (κ2) is 9.13. The van der Waals surface area contributed by atoms with Crippen molar-refractivity contribution in [2.45, 2.75) is 43.1 Å². The first-order valence-electron chi connectivity index (χ1n) is 8.83. The second-order valence-electron chi connectivity index (χ2n) is 6.78. The van der Waals surface area contributed by atoms with Crippen LogP contribution in [0.3, 0.4) is 0 Å². The summed E-state index contributed by atoms with van der Waals surface area (Å²) in [6.45, 7) is 12.9. The predicted octanol–water partition coefficient (Wildman–Crippen LogP) is -2.85. The molecule has 2 aliphatic heterocycles. The van der Waals surface area contributed by atoms with E-state index in [2.05, 4.69) is 75.5 Å². The van der Waals surface area contributed by atoms with Gasteiger partial charge in [0.25, 0.3) is 22.6 Å². The van der Waals surface area contributed by atoms with Gasteiger partial charge in [0.15, 0.2) is 0 Å². The third-order valence-electron chi connectivity index (χ3n) is 5.19. The van der Waals surface area contributed by atoms with Gasteiger partial charge in [-0.15, -0.1) is 0 Å². The average Bonchev–Trinajstić information content (AvgIpc) is 2.54. The highest BCUT2D eigenvalue weighted by Gasteiger charge is 2.32. The lowest BCUT2D eigenvalue weighted by molar-refractivity contribution is -0.460. The van der Waals surface area contributed by atoms with Gasteiger partial charge in [-0.1, -0.05) is 13.8 Å². The predicted molar refractivity (Wildman–Crippen MR) is 89.7 cm³/mol. The van der Waals surface area contributed by atoms with E-state index in [1.165, 1.54) is 52.1 Å². The fourth-order valence-electron chi connectivity index (χ4n) is 3.43. The van der Waals surface area contributed by atoms with Crippen LogP contribution in [-0.4, -0.2) is 95.9 Å². The summed E-state index contributed by atoms with van der Waals surface area (Å²) in [5.74, 6) is 0. The fourth-order valence-corrected chi connectivity index (χ4v) is 3.98. The van der Waals surface area contributed by atoms with Gasteiger partial charge in [-0.2, -0.15) is 0 Å². The van der Waals surface area contributed by atoms with Crippen molar-refractivity contribution in [1.82, 2.24) is 24.9 Å². The Bertz CT molecular complexity index is 322. The lowest BCUT2D eigenvalue weighted by Crippen LogP contribution is -3.40. The minimum atomic E-state index is 0.481. The highest BCUT2D eigenvalue weighted by molar-refractivity contribution is 4.83. The molecule has 0 radical (unpaired) electrons. The second-order valence-corrected chi connectivity index (χ2v) is 8.34. The molecule has 22 heavy (non-hydrogen) atoms. The Balaban J connectivity index is 1.90. The molecule has 130 valence electrons. The first-order valence-corrected chi connectivity index (χ1v) is 10.2. The molecule has 0 aromatic heterocycles. The minimum absolute atomic E-state index is 0.481. The summed E-state index contributed by atoms with van der Waals surface area (Å²) in [5.41, 5.74) is 0. The van der Waals surface area contributed by atoms with Gasteiger partial charge in [0, 0.05) is 52.2 Å². The maximum Gasteiger partial charge on any atom is 0.273 e. The number of piperazine rings is 2. The van der Waals surface area contributed by atoms with Crippen LogP contribution in [0.2, 0.25) is 0 Å². The molecule has 0 aromatic carbocycles. The monoisotopic (exact) mass is 424 g/mol. The summed E-state index contributed by atoms with van der Waals surface area (Å²) in [5, 5.41) is 3.94. The number of halogens is 1. The number of likely N-dealkylation sites (N-methyl/N-ethyl adjacent to an activating group) is 2. The van der Waals surface area contributed by atoms with Crippen molar-refractivity contribution in [3.8, 4) is 0 Å². The van der Waals surface area contributed by atoms with E-state index < -0.39 is 0 Å². The molecule has 6 heteroatoms. The maximum atomic E-state index is 3.94. The van der Waals surface area contributed by atoms with Crippen LogP contribution in [0.5, 0.6) is 0 Å². The lowest BCUT2D eigenvalue weighted by Gasteiger charge is -2.44. The van der Waals surface area contributed by atoms with Crippen LogP contribution in [-0.2, 0) is 0 Å². The summed E-state index contributed by atoms with van der Waals surface area (Å²) in [6, 6.07) is 0. The molecule has 3 atom stereocenters. The number of hydrogen-bond acceptors (Lipinski definition) is 5. The zero-order chi connectivity index (χ0) is 16.1. The van der Waals surface area contributed by atoms with Crippen molar-refractivity contribution in [2.75, 3.05) is 59.9 Å². The summed E-state index contributed by atoms with van der Waals surface area (Å²) < 4.78 is 0.706. The quantitative estimate of drug-likeness (QED) is 0.282. The third-order valence-corrected chi connectivity index (χ3v) is 6.99. The van der Waals surface area contributed by atoms with E-state index in [0.29, 0.717) is 16.4 Å². The fraction of sp³-hybridized carbons (Fsp3) is 1.00. The van der Waals surface area contributed by atoms with E-state index >= 15 is 0 Å². The van der Waals surface area contributed by atoms with Crippen LogP contribution >= 0.6 is 0 Å². The molecular formula is C16H35IN5+. The van der Waals surface area contributed by atoms with Crippen LogP contribution in [0, 0.1) is 0 Å². The molecule has 2 heterocycles. The Morgan fingerprint density at radius 3 is 2.18 bits per heavy atom. The molecule has 1 N–H and O–H groups in total. The van der Waals surface area contributed by atoms with E-state index in [9.17, 15) is 0 Å². The van der Waals surface area contributed by atoms with Crippen LogP contribution in [0.4, 0.5) is 0 Å². The largest absolute Gasteiger partial charge is 0.304 e. The Kier molecular flexibility index (Phi) is 7.83. The van der Waals surface area contributed by atoms with Gasteiger partial charge < -0.3 is 4.90 Å². The average molecular weight is 424 g/mol. The highest BCUT2D eigenvalue weighted by atomic mass is 127. The molecule has 0 amide bonds. The van der Waals surface area contributed by atoms with Crippen LogP contribution < -0.4 is 27.9 Å². The molecule has 2 aliphatic rings. The number of alkyl halides is 1. The van der Waals surface area contributed by atoms with Gasteiger partial charge in [-0.25, -0.2) is 0 Å². The van der Waals surface area contributed by atoms with Gasteiger partial charge in [-0.05, 0) is 20.5 Å². The van der Waals surface area contributed by atoms with Gasteiger partial charge in [0.05, 0.1) is 12.3 Å². The first kappa shape index (κ1) is 18.9. The van der Waals surface area contributed by atoms with Crippen molar-refractivity contribution >= 4 is 0 Å². The zero-order valence-corrected chi connectivity index (χ0v) is 17.1. The van der Waals surface area contributed by atoms with E-state index in [1.807, 2.05) is 0 Å². The van der Waals surface area contributed by atoms with Gasteiger partial charge in [0.2, 0.25) is 4.05 Å². The van der Waals surface area contributed by atoms with Crippen LogP contribution in [0.25, 0.3) is 0 Å². The number of hydrogen-bond donors (Lipinski definition) is 1. The molecular weight excluding hydrogens is 389 g/mol. The molecule has 0 saturated carbocycles. The molecule has 5 nitrogen and oxygen atoms in total. The molecule has 0 bridgehead atoms. The van der Waals surface area contributed by atoms with Crippen molar-refractivity contribution in [3.05, 3.63) is 0 Å². The van der Waals surface area contributed by atoms with Crippen molar-refractivity contribution in [2.24, 2.45) is 0 Å². The normalized spacial score (nSPS) is 29.6. The number of nitrogens with zero attached hydrogens (tertiary/aromatic N) is 4. The molecule has 2 saturated heterocycles. The van der Waals surface area contributed by atoms with Crippen molar-refractivity contribution < 1.29 is 22.6 Å². The molecule has 2 fully saturated rings. The SMILES string of the molecule is CCC([IH+])N1CCN(C)C(NC(CC)N2CCN(C)CC2)C1. The topological polar surface area (TPSA) is 25.0 Å². The Labute approximate surface area is 150 Å². The summed E-state index contributed by atoms with van der Waals surface area (Å²) in [4.78, 5) is 10.2. The molecule has 0 aliphatic carbocycles. The first-order chi connectivity index (χ1) is 10.5. The Hall–Kier alpha value is 0.530. The number of nitrogens with one attached hydrogen (secondary N) is 1. The molecule has 0 spiro atoms. The number of rotatable bonds is 6. The summed E-state index contributed by atoms with van der Waals surface area (Å²) >= 11 is 2.28. The van der Waals surface area contributed by atoms with E-state index in [1.54, 1.807) is 0 Å². The van der Waals surface area contributed by atoms with Crippen LogP contribution in [0.1, 0.15) is 26.7 Å². The van der Waals surface area contributed by atoms with E-state index in [-0.39, 0.29) is 0 Å². The highest BCUT2D eigenvalue weighted by Crippen LogP contribution is 2.12. The molecule has 0 aromatic rings. The lowest BCUT2D eigenvalue weighted by atomic mass is 10.2. The zero-order valence-electron chi connectivity index (χ0n) is 14.8. The Morgan fingerprint density at radius 2 is 1.59 bits per heavy atom. The van der Waals surface area contributed by atoms with Crippen molar-refractivity contribution in [3.63, 3.8) is 0 Å². The third kappa shape index (κ3) is 5.01. The van der Waals surface area contributed by atoms with E-state index in [0.717, 1.165) is 6.54 Å². The smallest absolute Gasteiger partial charge is 0.273 e. The van der Waals surface area contributed by atoms with Gasteiger partial charge in [0.1, 0.15) is 0 Å². The van der Waals surface area contributed by atoms with Crippen molar-refractivity contribution in [1.29, 1.82) is 0 Å². The molecule has 2 rings (SSSR count). The summed E-state index contributed by atoms with van der Waals surface area (Å²) in [7, 11) is 4.49. The Morgan fingerprint density at radius 1 is 0.955 bits per heavy atom. The summed E-state index contributed by atoms with van der Waals surface area (Å²) in [6.07, 6.45) is 3.42. The molecule has 3 unspecified atom stereocenters. The standard InChI is InChI=1S/C16H35IN5/c1-5-14(17)22-12-9-20(4)16(13-22)18-15(6-2)21-10-7-19(3)8-11-21/h14-18H,5-13H2,1-4H3/q+1.